The van der Waals surface area contributed by atoms with E-state index in [1.54, 1.807) is 12.1 Å². The van der Waals surface area contributed by atoms with Crippen molar-refractivity contribution in [3.8, 4) is 0 Å². The van der Waals surface area contributed by atoms with E-state index in [0.717, 1.165) is 5.69 Å². The fraction of sp³-hybridized carbons (Fsp3) is 0.263. The van der Waals surface area contributed by atoms with Gasteiger partial charge in [-0.3, -0.25) is 4.79 Å². The average molecular weight is 339 g/mol. The Hall–Kier alpha value is -3.02. The molecule has 6 nitrogen and oxygen atoms in total. The lowest BCUT2D eigenvalue weighted by atomic mass is 10.1. The zero-order valence-corrected chi connectivity index (χ0v) is 14.1. The van der Waals surface area contributed by atoms with Gasteiger partial charge in [0.25, 0.3) is 5.91 Å². The van der Waals surface area contributed by atoms with Gasteiger partial charge in [-0.2, -0.15) is 0 Å². The first-order valence-electron chi connectivity index (χ1n) is 8.17. The van der Waals surface area contributed by atoms with Gasteiger partial charge in [0.05, 0.1) is 24.0 Å². The lowest BCUT2D eigenvalue weighted by Gasteiger charge is -2.36. The van der Waals surface area contributed by atoms with Gasteiger partial charge < -0.3 is 20.3 Å². The van der Waals surface area contributed by atoms with Crippen LogP contribution in [0, 0.1) is 0 Å². The van der Waals surface area contributed by atoms with Gasteiger partial charge in [-0.05, 0) is 30.3 Å². The minimum atomic E-state index is -0.406. The van der Waals surface area contributed by atoms with E-state index < -0.39 is 5.97 Å². The number of nitrogen functional groups attached to an aromatic ring is 1. The number of carbonyl (C=O) groups is 2. The molecule has 6 heteroatoms. The third-order valence-electron chi connectivity index (χ3n) is 4.38. The predicted octanol–water partition coefficient (Wildman–Crippen LogP) is 2.02. The van der Waals surface area contributed by atoms with Crippen LogP contribution in [0.25, 0.3) is 0 Å². The Bertz CT molecular complexity index is 769. The summed E-state index contributed by atoms with van der Waals surface area (Å²) in [5.41, 5.74) is 8.65. The minimum absolute atomic E-state index is 0.0502. The van der Waals surface area contributed by atoms with E-state index >= 15 is 0 Å². The summed E-state index contributed by atoms with van der Waals surface area (Å²) >= 11 is 0. The van der Waals surface area contributed by atoms with Crippen LogP contribution >= 0.6 is 0 Å². The highest BCUT2D eigenvalue weighted by Crippen LogP contribution is 2.26. The molecule has 0 bridgehead atoms. The van der Waals surface area contributed by atoms with E-state index in [2.05, 4.69) is 4.90 Å². The molecule has 0 radical (unpaired) electrons. The monoisotopic (exact) mass is 339 g/mol. The lowest BCUT2D eigenvalue weighted by molar-refractivity contribution is 0.0600. The van der Waals surface area contributed by atoms with Crippen LogP contribution in [0.15, 0.2) is 48.5 Å². The molecule has 0 aromatic heterocycles. The molecule has 1 aliphatic rings. The third-order valence-corrected chi connectivity index (χ3v) is 4.38. The number of ether oxygens (including phenoxy) is 1. The molecular formula is C19H21N3O3. The molecule has 2 aromatic carbocycles. The molecule has 25 heavy (non-hydrogen) atoms. The summed E-state index contributed by atoms with van der Waals surface area (Å²) in [6.07, 6.45) is 0. The van der Waals surface area contributed by atoms with Crippen molar-refractivity contribution in [2.75, 3.05) is 43.9 Å². The standard InChI is InChI=1S/C19H21N3O3/c1-25-19(24)15-7-8-17(16(20)13-15)21-9-11-22(12-10-21)18(23)14-5-3-2-4-6-14/h2-8,13H,9-12,20H2,1H3. The maximum absolute atomic E-state index is 12.5. The quantitative estimate of drug-likeness (QED) is 0.684. The Morgan fingerprint density at radius 3 is 2.24 bits per heavy atom. The van der Waals surface area contributed by atoms with Crippen LogP contribution in [-0.4, -0.2) is 50.1 Å². The number of nitrogens with zero attached hydrogens (tertiary/aromatic N) is 2. The predicted molar refractivity (Wildman–Crippen MR) is 96.8 cm³/mol. The summed E-state index contributed by atoms with van der Waals surface area (Å²) < 4.78 is 4.71. The van der Waals surface area contributed by atoms with Crippen LogP contribution in [0.5, 0.6) is 0 Å². The van der Waals surface area contributed by atoms with Crippen molar-refractivity contribution in [3.63, 3.8) is 0 Å². The molecule has 1 aliphatic heterocycles. The second-order valence-electron chi connectivity index (χ2n) is 5.91. The van der Waals surface area contributed by atoms with E-state index in [1.807, 2.05) is 41.3 Å². The fourth-order valence-electron chi connectivity index (χ4n) is 3.00. The molecule has 1 heterocycles. The molecule has 0 aliphatic carbocycles. The molecule has 0 atom stereocenters. The van der Waals surface area contributed by atoms with Crippen LogP contribution in [0.2, 0.25) is 0 Å². The SMILES string of the molecule is COC(=O)c1ccc(N2CCN(C(=O)c3ccccc3)CC2)c(N)c1. The second kappa shape index (κ2) is 7.25. The highest BCUT2D eigenvalue weighted by atomic mass is 16.5. The second-order valence-corrected chi connectivity index (χ2v) is 5.91. The summed E-state index contributed by atoms with van der Waals surface area (Å²) in [6, 6.07) is 14.5. The number of anilines is 2. The summed E-state index contributed by atoms with van der Waals surface area (Å²) in [5.74, 6) is -0.356. The molecule has 130 valence electrons. The molecule has 2 aromatic rings. The first-order chi connectivity index (χ1) is 12.1. The van der Waals surface area contributed by atoms with Gasteiger partial charge in [-0.25, -0.2) is 4.79 Å². The van der Waals surface area contributed by atoms with Gasteiger partial charge in [0.1, 0.15) is 0 Å². The van der Waals surface area contributed by atoms with Crippen molar-refractivity contribution in [1.82, 2.24) is 4.90 Å². The minimum Gasteiger partial charge on any atom is -0.465 e. The largest absolute Gasteiger partial charge is 0.465 e. The van der Waals surface area contributed by atoms with E-state index in [4.69, 9.17) is 10.5 Å². The van der Waals surface area contributed by atoms with Crippen molar-refractivity contribution in [2.24, 2.45) is 0 Å². The summed E-state index contributed by atoms with van der Waals surface area (Å²) in [7, 11) is 1.34. The van der Waals surface area contributed by atoms with Crippen LogP contribution in [-0.2, 0) is 4.74 Å². The topological polar surface area (TPSA) is 75.9 Å². The van der Waals surface area contributed by atoms with Crippen LogP contribution in [0.3, 0.4) is 0 Å². The van der Waals surface area contributed by atoms with Crippen molar-refractivity contribution in [2.45, 2.75) is 0 Å². The number of carbonyl (C=O) groups excluding carboxylic acids is 2. The Labute approximate surface area is 146 Å². The number of esters is 1. The average Bonchev–Trinajstić information content (AvgIpc) is 2.67. The Balaban J connectivity index is 1.66. The lowest BCUT2D eigenvalue weighted by Crippen LogP contribution is -2.49. The third kappa shape index (κ3) is 3.57. The molecule has 1 amide bonds. The molecular weight excluding hydrogens is 318 g/mol. The van der Waals surface area contributed by atoms with E-state index in [0.29, 0.717) is 43.0 Å². The van der Waals surface area contributed by atoms with Crippen LogP contribution < -0.4 is 10.6 Å². The van der Waals surface area contributed by atoms with Crippen molar-refractivity contribution < 1.29 is 14.3 Å². The molecule has 0 spiro atoms. The molecule has 0 saturated carbocycles. The zero-order chi connectivity index (χ0) is 17.8. The molecule has 0 unspecified atom stereocenters. The summed E-state index contributed by atoms with van der Waals surface area (Å²) in [4.78, 5) is 28.0. The first-order valence-corrected chi connectivity index (χ1v) is 8.17. The van der Waals surface area contributed by atoms with Crippen molar-refractivity contribution in [3.05, 3.63) is 59.7 Å². The number of amides is 1. The molecule has 2 N–H and O–H groups in total. The van der Waals surface area contributed by atoms with Gasteiger partial charge in [0, 0.05) is 31.7 Å². The number of piperazine rings is 1. The van der Waals surface area contributed by atoms with Crippen LogP contribution in [0.4, 0.5) is 11.4 Å². The summed E-state index contributed by atoms with van der Waals surface area (Å²) in [6.45, 7) is 2.65. The van der Waals surface area contributed by atoms with Crippen molar-refractivity contribution >= 4 is 23.3 Å². The first kappa shape index (κ1) is 16.8. The molecule has 1 fully saturated rings. The fourth-order valence-corrected chi connectivity index (χ4v) is 3.00. The van der Waals surface area contributed by atoms with E-state index in [1.165, 1.54) is 7.11 Å². The van der Waals surface area contributed by atoms with E-state index in [-0.39, 0.29) is 5.91 Å². The van der Waals surface area contributed by atoms with Gasteiger partial charge in [0.2, 0.25) is 0 Å². The van der Waals surface area contributed by atoms with Gasteiger partial charge in [-0.15, -0.1) is 0 Å². The number of nitrogens with two attached hydrogens (primary N) is 1. The normalized spacial score (nSPS) is 14.3. The number of benzene rings is 2. The highest BCUT2D eigenvalue weighted by molar-refractivity contribution is 5.94. The maximum atomic E-state index is 12.5. The Kier molecular flexibility index (Phi) is 4.88. The van der Waals surface area contributed by atoms with Crippen molar-refractivity contribution in [1.29, 1.82) is 0 Å². The van der Waals surface area contributed by atoms with Gasteiger partial charge >= 0.3 is 5.97 Å². The molecule has 1 saturated heterocycles. The number of hydrogen-bond acceptors (Lipinski definition) is 5. The van der Waals surface area contributed by atoms with E-state index in [9.17, 15) is 9.59 Å². The maximum Gasteiger partial charge on any atom is 0.337 e. The number of methoxy groups -OCH3 is 1. The smallest absolute Gasteiger partial charge is 0.337 e. The highest BCUT2D eigenvalue weighted by Gasteiger charge is 2.23. The summed E-state index contributed by atoms with van der Waals surface area (Å²) in [5, 5.41) is 0. The Morgan fingerprint density at radius 2 is 1.64 bits per heavy atom. The molecule has 3 rings (SSSR count). The van der Waals surface area contributed by atoms with Crippen LogP contribution in [0.1, 0.15) is 20.7 Å². The zero-order valence-electron chi connectivity index (χ0n) is 14.1. The number of hydrogen-bond donors (Lipinski definition) is 1. The Morgan fingerprint density at radius 1 is 0.960 bits per heavy atom. The number of rotatable bonds is 3. The van der Waals surface area contributed by atoms with Gasteiger partial charge in [-0.1, -0.05) is 18.2 Å². The van der Waals surface area contributed by atoms with Gasteiger partial charge in [0.15, 0.2) is 0 Å².